The minimum Gasteiger partial charge on any atom is -0.483 e. The van der Waals surface area contributed by atoms with Gasteiger partial charge in [0.05, 0.1) is 20.3 Å². The number of halogens is 2. The van der Waals surface area contributed by atoms with Crippen molar-refractivity contribution in [3.63, 3.8) is 0 Å². The van der Waals surface area contributed by atoms with Crippen LogP contribution < -0.4 is 0 Å². The van der Waals surface area contributed by atoms with E-state index in [0.29, 0.717) is 18.2 Å². The SMILES string of the molecule is COC1=N[C@H](C(C)C)C(OC)=N[C@H]1[C@H](CC/C=C/CCCCCCC(F)F)O[Si](C)(C)C(C)(C)C. The van der Waals surface area contributed by atoms with Gasteiger partial charge in [-0.2, -0.15) is 0 Å². The highest BCUT2D eigenvalue weighted by Crippen LogP contribution is 2.39. The molecular formula is C27H50F2N2O3Si. The minimum absolute atomic E-state index is 0.0184. The standard InChI is InChI=1S/C27H50F2N2O3Si/c1-20(2)23-25(32-6)31-24(26(30-23)33-7)21(34-35(8,9)27(3,4)5)18-16-14-12-10-11-13-15-17-19-22(28)29/h12,14,20-24H,10-11,13,15-19H2,1-9H3/b14-12+/t21-,23+,24-/m0/s1. The Balaban J connectivity index is 2.87. The molecule has 1 aliphatic heterocycles. The van der Waals surface area contributed by atoms with Crippen molar-refractivity contribution in [1.29, 1.82) is 0 Å². The molecule has 0 unspecified atom stereocenters. The van der Waals surface area contributed by atoms with Crippen LogP contribution in [0.15, 0.2) is 22.1 Å². The van der Waals surface area contributed by atoms with Gasteiger partial charge in [-0.3, -0.25) is 0 Å². The van der Waals surface area contributed by atoms with Gasteiger partial charge in [-0.15, -0.1) is 0 Å². The normalized spacial score (nSPS) is 20.4. The van der Waals surface area contributed by atoms with E-state index in [1.165, 1.54) is 0 Å². The van der Waals surface area contributed by atoms with Crippen LogP contribution in [0.4, 0.5) is 8.78 Å². The summed E-state index contributed by atoms with van der Waals surface area (Å²) in [5, 5.41) is 0.0682. The van der Waals surface area contributed by atoms with Crippen LogP contribution in [0, 0.1) is 5.92 Å². The van der Waals surface area contributed by atoms with Crippen LogP contribution in [0.2, 0.25) is 18.1 Å². The molecule has 0 bridgehead atoms. The lowest BCUT2D eigenvalue weighted by molar-refractivity contribution is 0.133. The Morgan fingerprint density at radius 3 is 1.94 bits per heavy atom. The molecular weight excluding hydrogens is 466 g/mol. The Hall–Kier alpha value is -1.28. The van der Waals surface area contributed by atoms with Gasteiger partial charge >= 0.3 is 0 Å². The van der Waals surface area contributed by atoms with Gasteiger partial charge in [-0.25, -0.2) is 18.8 Å². The van der Waals surface area contributed by atoms with Crippen molar-refractivity contribution >= 4 is 20.1 Å². The van der Waals surface area contributed by atoms with Gasteiger partial charge in [-0.1, -0.05) is 59.6 Å². The molecule has 5 nitrogen and oxygen atoms in total. The lowest BCUT2D eigenvalue weighted by atomic mass is 10.00. The van der Waals surface area contributed by atoms with Crippen LogP contribution in [0.1, 0.15) is 86.0 Å². The van der Waals surface area contributed by atoms with E-state index in [9.17, 15) is 8.78 Å². The zero-order valence-electron chi connectivity index (χ0n) is 23.6. The maximum atomic E-state index is 12.2. The number of aliphatic imine (C=N–C) groups is 2. The smallest absolute Gasteiger partial charge is 0.238 e. The molecule has 0 spiro atoms. The number of alkyl halides is 2. The van der Waals surface area contributed by atoms with Crippen molar-refractivity contribution in [1.82, 2.24) is 0 Å². The zero-order chi connectivity index (χ0) is 26.6. The lowest BCUT2D eigenvalue weighted by Crippen LogP contribution is -2.50. The fourth-order valence-electron chi connectivity index (χ4n) is 3.81. The summed E-state index contributed by atoms with van der Waals surface area (Å²) in [5.41, 5.74) is 0. The number of ether oxygens (including phenoxy) is 2. The minimum atomic E-state index is -2.18. The summed E-state index contributed by atoms with van der Waals surface area (Å²) in [5.74, 6) is 1.50. The molecule has 0 aromatic carbocycles. The second-order valence-electron chi connectivity index (χ2n) is 11.3. The van der Waals surface area contributed by atoms with Crippen molar-refractivity contribution in [3.8, 4) is 0 Å². The first-order chi connectivity index (χ1) is 16.3. The molecule has 1 heterocycles. The largest absolute Gasteiger partial charge is 0.483 e. The summed E-state index contributed by atoms with van der Waals surface area (Å²) in [6.45, 7) is 15.4. The van der Waals surface area contributed by atoms with Crippen LogP contribution in [0.3, 0.4) is 0 Å². The molecule has 0 N–H and O–H groups in total. The van der Waals surface area contributed by atoms with Gasteiger partial charge < -0.3 is 13.9 Å². The van der Waals surface area contributed by atoms with E-state index < -0.39 is 14.7 Å². The molecule has 0 aromatic heterocycles. The Kier molecular flexibility index (Phi) is 13.7. The summed E-state index contributed by atoms with van der Waals surface area (Å²) in [6, 6.07) is -0.484. The van der Waals surface area contributed by atoms with E-state index in [0.717, 1.165) is 38.5 Å². The average molecular weight is 517 g/mol. The van der Waals surface area contributed by atoms with E-state index in [1.807, 2.05) is 0 Å². The third-order valence-corrected chi connectivity index (χ3v) is 11.5. The molecule has 1 rings (SSSR count). The number of unbranched alkanes of at least 4 members (excludes halogenated alkanes) is 4. The topological polar surface area (TPSA) is 52.4 Å². The van der Waals surface area contributed by atoms with E-state index in [2.05, 4.69) is 59.9 Å². The number of rotatable bonds is 14. The van der Waals surface area contributed by atoms with E-state index in [1.54, 1.807) is 14.2 Å². The van der Waals surface area contributed by atoms with Crippen LogP contribution >= 0.6 is 0 Å². The van der Waals surface area contributed by atoms with Crippen LogP contribution in [-0.2, 0) is 13.9 Å². The van der Waals surface area contributed by atoms with Gasteiger partial charge in [0.15, 0.2) is 14.4 Å². The van der Waals surface area contributed by atoms with E-state index >= 15 is 0 Å². The Morgan fingerprint density at radius 1 is 0.857 bits per heavy atom. The van der Waals surface area contributed by atoms with Crippen molar-refractivity contribution in [2.24, 2.45) is 15.9 Å². The van der Waals surface area contributed by atoms with Gasteiger partial charge in [0.2, 0.25) is 18.2 Å². The first-order valence-electron chi connectivity index (χ1n) is 13.2. The third kappa shape index (κ3) is 10.7. The number of nitrogens with zero attached hydrogens (tertiary/aromatic N) is 2. The number of allylic oxidation sites excluding steroid dienone is 2. The molecule has 0 fully saturated rings. The molecule has 0 aliphatic carbocycles. The predicted octanol–water partition coefficient (Wildman–Crippen LogP) is 7.82. The zero-order valence-corrected chi connectivity index (χ0v) is 24.6. The molecule has 204 valence electrons. The van der Waals surface area contributed by atoms with Crippen molar-refractivity contribution in [2.45, 2.75) is 129 Å². The van der Waals surface area contributed by atoms with Crippen molar-refractivity contribution in [3.05, 3.63) is 12.2 Å². The lowest BCUT2D eigenvalue weighted by Gasteiger charge is -2.41. The third-order valence-electron chi connectivity index (χ3n) is 7.02. The number of hydrogen-bond acceptors (Lipinski definition) is 5. The van der Waals surface area contributed by atoms with Gasteiger partial charge in [0, 0.05) is 6.42 Å². The summed E-state index contributed by atoms with van der Waals surface area (Å²) >= 11 is 0. The second-order valence-corrected chi connectivity index (χ2v) is 16.1. The highest BCUT2D eigenvalue weighted by atomic mass is 28.4. The first-order valence-corrected chi connectivity index (χ1v) is 16.1. The maximum absolute atomic E-state index is 12.2. The Morgan fingerprint density at radius 2 is 1.40 bits per heavy atom. The molecule has 3 atom stereocenters. The van der Waals surface area contributed by atoms with Gasteiger partial charge in [0.25, 0.3) is 0 Å². The molecule has 0 amide bonds. The molecule has 35 heavy (non-hydrogen) atoms. The average Bonchev–Trinajstić information content (AvgIpc) is 2.77. The molecule has 1 aliphatic rings. The van der Waals surface area contributed by atoms with Gasteiger partial charge in [0.1, 0.15) is 6.04 Å². The fourth-order valence-corrected chi connectivity index (χ4v) is 5.16. The molecule has 0 saturated heterocycles. The van der Waals surface area contributed by atoms with Crippen LogP contribution in [-0.4, -0.2) is 58.9 Å². The van der Waals surface area contributed by atoms with Crippen LogP contribution in [0.25, 0.3) is 0 Å². The highest BCUT2D eigenvalue weighted by molar-refractivity contribution is 6.74. The molecule has 8 heteroatoms. The Labute approximate surface area is 213 Å². The number of methoxy groups -OCH3 is 2. The van der Waals surface area contributed by atoms with Crippen LogP contribution in [0.5, 0.6) is 0 Å². The maximum Gasteiger partial charge on any atom is 0.238 e. The molecule has 0 radical (unpaired) electrons. The van der Waals surface area contributed by atoms with Crippen molar-refractivity contribution < 1.29 is 22.7 Å². The Bertz CT molecular complexity index is 703. The first kappa shape index (κ1) is 31.7. The highest BCUT2D eigenvalue weighted by Gasteiger charge is 2.43. The summed E-state index contributed by atoms with van der Waals surface area (Å²) in [7, 11) is 1.24. The van der Waals surface area contributed by atoms with Gasteiger partial charge in [-0.05, 0) is 56.2 Å². The predicted molar refractivity (Wildman–Crippen MR) is 145 cm³/mol. The second kappa shape index (κ2) is 15.1. The van der Waals surface area contributed by atoms with E-state index in [-0.39, 0.29) is 35.6 Å². The van der Waals surface area contributed by atoms with Crippen molar-refractivity contribution in [2.75, 3.05) is 14.2 Å². The quantitative estimate of drug-likeness (QED) is 0.134. The number of hydrogen-bond donors (Lipinski definition) is 0. The molecule has 0 saturated carbocycles. The fraction of sp³-hybridized carbons (Fsp3) is 0.852. The summed E-state index contributed by atoms with van der Waals surface area (Å²) in [4.78, 5) is 9.81. The van der Waals surface area contributed by atoms with E-state index in [4.69, 9.17) is 23.9 Å². The monoisotopic (exact) mass is 516 g/mol. The summed E-state index contributed by atoms with van der Waals surface area (Å²) in [6.07, 6.45) is 8.23. The molecule has 0 aromatic rings. The summed E-state index contributed by atoms with van der Waals surface area (Å²) < 4.78 is 42.7.